The van der Waals surface area contributed by atoms with Crippen LogP contribution in [0.25, 0.3) is 0 Å². The first-order valence-corrected chi connectivity index (χ1v) is 12.1. The van der Waals surface area contributed by atoms with Crippen molar-refractivity contribution in [3.05, 3.63) is 51.6 Å². The fraction of sp³-hybridized carbons (Fsp3) is 0.542. The van der Waals surface area contributed by atoms with Gasteiger partial charge in [-0.1, -0.05) is 37.7 Å². The predicted molar refractivity (Wildman–Crippen MR) is 128 cm³/mol. The molecule has 31 heavy (non-hydrogen) atoms. The van der Waals surface area contributed by atoms with Gasteiger partial charge in [0.05, 0.1) is 5.75 Å². The Morgan fingerprint density at radius 1 is 1.19 bits per heavy atom. The van der Waals surface area contributed by atoms with E-state index >= 15 is 0 Å². The number of nitrogens with one attached hydrogen (secondary N) is 1. The molecule has 0 aliphatic heterocycles. The number of rotatable bonds is 9. The number of hydrogen-bond donors (Lipinski definition) is 1. The lowest BCUT2D eigenvalue weighted by molar-refractivity contribution is -0.113. The number of aromatic nitrogens is 2. The first-order valence-electron chi connectivity index (χ1n) is 11.1. The lowest BCUT2D eigenvalue weighted by Crippen LogP contribution is -2.31. The van der Waals surface area contributed by atoms with Crippen LogP contribution >= 0.6 is 11.8 Å². The lowest BCUT2D eigenvalue weighted by Gasteiger charge is -2.23. The Hall–Kier alpha value is -2.12. The molecule has 1 aliphatic carbocycles. The highest BCUT2D eigenvalue weighted by Gasteiger charge is 2.21. The van der Waals surface area contributed by atoms with Gasteiger partial charge in [0, 0.05) is 23.5 Å². The van der Waals surface area contributed by atoms with Gasteiger partial charge in [-0.3, -0.25) is 9.36 Å². The normalized spacial score (nSPS) is 13.5. The SMILES string of the molecule is CC(C)c1ccc(NC(=O)CSc2nc(=O)n(CCCN(C)C)c3c2CCCC3)cc1. The Bertz CT molecular complexity index is 951. The van der Waals surface area contributed by atoms with Gasteiger partial charge < -0.3 is 10.2 Å². The summed E-state index contributed by atoms with van der Waals surface area (Å²) in [6.45, 7) is 5.93. The third-order valence-corrected chi connectivity index (χ3v) is 6.66. The predicted octanol–water partition coefficient (Wildman–Crippen LogP) is 3.93. The molecule has 1 aliphatic rings. The summed E-state index contributed by atoms with van der Waals surface area (Å²) in [5.74, 6) is 0.626. The average molecular weight is 443 g/mol. The van der Waals surface area contributed by atoms with Gasteiger partial charge in [-0.2, -0.15) is 4.98 Å². The first kappa shape index (κ1) is 23.5. The summed E-state index contributed by atoms with van der Waals surface area (Å²) in [6, 6.07) is 7.96. The van der Waals surface area contributed by atoms with E-state index in [2.05, 4.69) is 29.0 Å². The van der Waals surface area contributed by atoms with Crippen molar-refractivity contribution in [3.63, 3.8) is 0 Å². The maximum Gasteiger partial charge on any atom is 0.348 e. The number of nitrogens with zero attached hydrogens (tertiary/aromatic N) is 3. The molecule has 0 atom stereocenters. The zero-order chi connectivity index (χ0) is 22.4. The number of carbonyl (C=O) groups is 1. The van der Waals surface area contributed by atoms with Crippen LogP contribution in [-0.2, 0) is 24.2 Å². The molecule has 1 aromatic carbocycles. The van der Waals surface area contributed by atoms with Gasteiger partial charge in [0.25, 0.3) is 0 Å². The molecule has 1 N–H and O–H groups in total. The van der Waals surface area contributed by atoms with Crippen LogP contribution in [0.3, 0.4) is 0 Å². The van der Waals surface area contributed by atoms with Crippen molar-refractivity contribution in [2.75, 3.05) is 31.7 Å². The van der Waals surface area contributed by atoms with E-state index < -0.39 is 0 Å². The third-order valence-electron chi connectivity index (χ3n) is 5.64. The van der Waals surface area contributed by atoms with Crippen LogP contribution in [0.4, 0.5) is 5.69 Å². The molecule has 0 spiro atoms. The highest BCUT2D eigenvalue weighted by Crippen LogP contribution is 2.28. The molecule has 2 aromatic rings. The van der Waals surface area contributed by atoms with Crippen LogP contribution in [0.5, 0.6) is 0 Å². The van der Waals surface area contributed by atoms with Gasteiger partial charge >= 0.3 is 5.69 Å². The van der Waals surface area contributed by atoms with Gasteiger partial charge in [-0.05, 0) is 76.4 Å². The smallest absolute Gasteiger partial charge is 0.325 e. The number of thioether (sulfide) groups is 1. The van der Waals surface area contributed by atoms with Crippen molar-refractivity contribution in [2.45, 2.75) is 63.4 Å². The number of hydrogen-bond acceptors (Lipinski definition) is 5. The molecule has 1 amide bonds. The van der Waals surface area contributed by atoms with E-state index in [-0.39, 0.29) is 17.3 Å². The van der Waals surface area contributed by atoms with Crippen molar-refractivity contribution in [2.24, 2.45) is 0 Å². The summed E-state index contributed by atoms with van der Waals surface area (Å²) in [6.07, 6.45) is 4.97. The van der Waals surface area contributed by atoms with Crippen LogP contribution < -0.4 is 11.0 Å². The number of carbonyl (C=O) groups excluding carboxylic acids is 1. The van der Waals surface area contributed by atoms with Crippen LogP contribution in [0, 0.1) is 0 Å². The Kier molecular flexibility index (Phi) is 8.32. The minimum absolute atomic E-state index is 0.0798. The van der Waals surface area contributed by atoms with E-state index in [9.17, 15) is 9.59 Å². The average Bonchev–Trinajstić information content (AvgIpc) is 2.74. The summed E-state index contributed by atoms with van der Waals surface area (Å²) in [4.78, 5) is 31.7. The minimum Gasteiger partial charge on any atom is -0.325 e. The number of fused-ring (bicyclic) bond motifs is 1. The topological polar surface area (TPSA) is 67.2 Å². The second-order valence-corrected chi connectivity index (χ2v) is 9.72. The lowest BCUT2D eigenvalue weighted by atomic mass is 9.97. The summed E-state index contributed by atoms with van der Waals surface area (Å²) in [5, 5.41) is 3.68. The summed E-state index contributed by atoms with van der Waals surface area (Å²) in [7, 11) is 4.08. The fourth-order valence-corrected chi connectivity index (χ4v) is 4.80. The first-order chi connectivity index (χ1) is 14.8. The van der Waals surface area contributed by atoms with Crippen LogP contribution in [0.15, 0.2) is 34.1 Å². The Balaban J connectivity index is 1.67. The summed E-state index contributed by atoms with van der Waals surface area (Å²) < 4.78 is 1.86. The molecule has 0 saturated heterocycles. The van der Waals surface area contributed by atoms with E-state index in [1.165, 1.54) is 17.3 Å². The van der Waals surface area contributed by atoms with Crippen LogP contribution in [0.1, 0.15) is 55.8 Å². The van der Waals surface area contributed by atoms with Crippen molar-refractivity contribution in [1.82, 2.24) is 14.5 Å². The molecular weight excluding hydrogens is 408 g/mol. The Labute approximate surface area is 189 Å². The van der Waals surface area contributed by atoms with Gasteiger partial charge in [0.15, 0.2) is 0 Å². The molecule has 0 bridgehead atoms. The van der Waals surface area contributed by atoms with Crippen molar-refractivity contribution < 1.29 is 4.79 Å². The van der Waals surface area contributed by atoms with Crippen molar-refractivity contribution in [3.8, 4) is 0 Å². The van der Waals surface area contributed by atoms with Gasteiger partial charge in [0.1, 0.15) is 5.03 Å². The van der Waals surface area contributed by atoms with Crippen molar-refractivity contribution >= 4 is 23.4 Å². The molecule has 1 aromatic heterocycles. The Morgan fingerprint density at radius 2 is 1.90 bits per heavy atom. The molecule has 0 radical (unpaired) electrons. The standard InChI is InChI=1S/C24H34N4O2S/c1-17(2)18-10-12-19(13-11-18)25-22(29)16-31-23-20-8-5-6-9-21(20)28(24(30)26-23)15-7-14-27(3)4/h10-13,17H,5-9,14-16H2,1-4H3,(H,25,29). The molecule has 0 fully saturated rings. The largest absolute Gasteiger partial charge is 0.348 e. The zero-order valence-electron chi connectivity index (χ0n) is 19.1. The number of benzene rings is 1. The molecule has 3 rings (SSSR count). The zero-order valence-corrected chi connectivity index (χ0v) is 19.9. The Morgan fingerprint density at radius 3 is 2.58 bits per heavy atom. The molecule has 168 valence electrons. The monoisotopic (exact) mass is 442 g/mol. The van der Waals surface area contributed by atoms with Crippen LogP contribution in [0.2, 0.25) is 0 Å². The summed E-state index contributed by atoms with van der Waals surface area (Å²) >= 11 is 1.38. The molecular formula is C24H34N4O2S. The van der Waals surface area contributed by atoms with Crippen LogP contribution in [-0.4, -0.2) is 46.8 Å². The molecule has 0 saturated carbocycles. The minimum atomic E-state index is -0.188. The maximum absolute atomic E-state index is 12.7. The van der Waals surface area contributed by atoms with Crippen molar-refractivity contribution in [1.29, 1.82) is 0 Å². The quantitative estimate of drug-likeness (QED) is 0.471. The van der Waals surface area contributed by atoms with E-state index in [1.807, 2.05) is 42.9 Å². The molecule has 0 unspecified atom stereocenters. The second kappa shape index (κ2) is 11.0. The third kappa shape index (κ3) is 6.43. The van der Waals surface area contributed by atoms with E-state index in [0.717, 1.165) is 60.6 Å². The maximum atomic E-state index is 12.7. The van der Waals surface area contributed by atoms with E-state index in [1.54, 1.807) is 0 Å². The number of amides is 1. The fourth-order valence-electron chi connectivity index (χ4n) is 3.93. The van der Waals surface area contributed by atoms with E-state index in [4.69, 9.17) is 0 Å². The highest BCUT2D eigenvalue weighted by atomic mass is 32.2. The van der Waals surface area contributed by atoms with Gasteiger partial charge in [0.2, 0.25) is 5.91 Å². The van der Waals surface area contributed by atoms with Gasteiger partial charge in [-0.15, -0.1) is 0 Å². The molecule has 1 heterocycles. The molecule has 6 nitrogen and oxygen atoms in total. The van der Waals surface area contributed by atoms with E-state index in [0.29, 0.717) is 12.5 Å². The highest BCUT2D eigenvalue weighted by molar-refractivity contribution is 8.00. The van der Waals surface area contributed by atoms with Gasteiger partial charge in [-0.25, -0.2) is 4.79 Å². The number of anilines is 1. The second-order valence-electron chi connectivity index (χ2n) is 8.75. The summed E-state index contributed by atoms with van der Waals surface area (Å²) in [5.41, 5.74) is 4.13. The molecule has 7 heteroatoms.